The molecule has 1 aromatic carbocycles. The standard InChI is InChI=1S/C16H20N2O/c1-18-15-12-8-7-11(9-12)14(15)10-19-16(18)17-13-5-3-2-4-6-13/h2-6,11-12,14-15H,7-10H2,1H3. The molecular formula is C16H20N2O. The van der Waals surface area contributed by atoms with E-state index in [4.69, 9.17) is 4.74 Å². The molecule has 3 nitrogen and oxygen atoms in total. The Balaban J connectivity index is 1.61. The molecule has 1 saturated heterocycles. The summed E-state index contributed by atoms with van der Waals surface area (Å²) >= 11 is 0. The van der Waals surface area contributed by atoms with E-state index in [-0.39, 0.29) is 0 Å². The summed E-state index contributed by atoms with van der Waals surface area (Å²) < 4.78 is 5.94. The van der Waals surface area contributed by atoms with Gasteiger partial charge in [0.1, 0.15) is 0 Å². The van der Waals surface area contributed by atoms with E-state index in [1.54, 1.807) is 0 Å². The van der Waals surface area contributed by atoms with Gasteiger partial charge in [0, 0.05) is 19.0 Å². The molecule has 3 aliphatic rings. The van der Waals surface area contributed by atoms with Crippen molar-refractivity contribution in [3.05, 3.63) is 30.3 Å². The molecule has 4 rings (SSSR count). The number of benzene rings is 1. The maximum absolute atomic E-state index is 5.94. The number of amidine groups is 1. The number of para-hydroxylation sites is 1. The Bertz CT molecular complexity index is 499. The first-order valence-corrected chi connectivity index (χ1v) is 7.32. The van der Waals surface area contributed by atoms with E-state index >= 15 is 0 Å². The van der Waals surface area contributed by atoms with Crippen LogP contribution in [0.3, 0.4) is 0 Å². The summed E-state index contributed by atoms with van der Waals surface area (Å²) in [5, 5.41) is 0. The predicted octanol–water partition coefficient (Wildman–Crippen LogP) is 3.05. The molecule has 100 valence electrons. The van der Waals surface area contributed by atoms with Crippen LogP contribution in [0, 0.1) is 17.8 Å². The van der Waals surface area contributed by atoms with Crippen molar-refractivity contribution in [3.8, 4) is 0 Å². The van der Waals surface area contributed by atoms with Crippen LogP contribution in [-0.2, 0) is 4.74 Å². The van der Waals surface area contributed by atoms with Crippen LogP contribution in [0.4, 0.5) is 5.69 Å². The number of fused-ring (bicyclic) bond motifs is 5. The molecule has 0 aromatic heterocycles. The molecule has 1 aromatic rings. The third-order valence-corrected chi connectivity index (χ3v) is 5.18. The highest BCUT2D eigenvalue weighted by Gasteiger charge is 2.52. The van der Waals surface area contributed by atoms with Crippen molar-refractivity contribution in [1.82, 2.24) is 4.90 Å². The first-order chi connectivity index (χ1) is 9.33. The van der Waals surface area contributed by atoms with Gasteiger partial charge in [0.05, 0.1) is 12.3 Å². The van der Waals surface area contributed by atoms with Crippen molar-refractivity contribution in [2.24, 2.45) is 22.7 Å². The fourth-order valence-corrected chi connectivity index (χ4v) is 4.34. The van der Waals surface area contributed by atoms with Gasteiger partial charge in [0.25, 0.3) is 6.02 Å². The van der Waals surface area contributed by atoms with Crippen LogP contribution in [-0.4, -0.2) is 30.6 Å². The summed E-state index contributed by atoms with van der Waals surface area (Å²) in [5.41, 5.74) is 0.978. The van der Waals surface area contributed by atoms with Crippen LogP contribution >= 0.6 is 0 Å². The third-order valence-electron chi connectivity index (χ3n) is 5.18. The van der Waals surface area contributed by atoms with Gasteiger partial charge in [-0.05, 0) is 43.2 Å². The van der Waals surface area contributed by atoms with Crippen molar-refractivity contribution in [1.29, 1.82) is 0 Å². The molecule has 0 N–H and O–H groups in total. The van der Waals surface area contributed by atoms with Crippen molar-refractivity contribution >= 4 is 11.7 Å². The summed E-state index contributed by atoms with van der Waals surface area (Å²) in [6.45, 7) is 0.863. The molecule has 0 radical (unpaired) electrons. The predicted molar refractivity (Wildman–Crippen MR) is 75.4 cm³/mol. The average Bonchev–Trinajstić information content (AvgIpc) is 3.04. The number of hydrogen-bond acceptors (Lipinski definition) is 2. The number of hydrogen-bond donors (Lipinski definition) is 0. The van der Waals surface area contributed by atoms with Crippen molar-refractivity contribution < 1.29 is 4.74 Å². The summed E-state index contributed by atoms with van der Waals surface area (Å²) in [5.74, 6) is 2.50. The van der Waals surface area contributed by atoms with Crippen LogP contribution in [0.1, 0.15) is 19.3 Å². The molecule has 1 heterocycles. The van der Waals surface area contributed by atoms with Gasteiger partial charge in [0.15, 0.2) is 0 Å². The first-order valence-electron chi connectivity index (χ1n) is 7.32. The Morgan fingerprint density at radius 1 is 1.16 bits per heavy atom. The van der Waals surface area contributed by atoms with Crippen LogP contribution < -0.4 is 0 Å². The second kappa shape index (κ2) is 4.26. The molecule has 0 amide bonds. The smallest absolute Gasteiger partial charge is 0.292 e. The Morgan fingerprint density at radius 2 is 1.95 bits per heavy atom. The Kier molecular flexibility index (Phi) is 2.54. The normalized spacial score (nSPS) is 38.4. The monoisotopic (exact) mass is 256 g/mol. The largest absolute Gasteiger partial charge is 0.465 e. The Hall–Kier alpha value is -1.51. The average molecular weight is 256 g/mol. The Labute approximate surface area is 114 Å². The van der Waals surface area contributed by atoms with Gasteiger partial charge in [-0.2, -0.15) is 4.99 Å². The number of nitrogens with zero attached hydrogens (tertiary/aromatic N) is 2. The van der Waals surface area contributed by atoms with E-state index in [1.807, 2.05) is 30.3 Å². The van der Waals surface area contributed by atoms with Gasteiger partial charge in [-0.25, -0.2) is 0 Å². The summed E-state index contributed by atoms with van der Waals surface area (Å²) in [6.07, 6.45) is 4.21. The van der Waals surface area contributed by atoms with Crippen LogP contribution in [0.2, 0.25) is 0 Å². The Morgan fingerprint density at radius 3 is 2.79 bits per heavy atom. The van der Waals surface area contributed by atoms with Crippen LogP contribution in [0.15, 0.2) is 35.3 Å². The topological polar surface area (TPSA) is 24.8 Å². The minimum atomic E-state index is 0.662. The maximum atomic E-state index is 5.94. The molecule has 1 aliphatic heterocycles. The van der Waals surface area contributed by atoms with Gasteiger partial charge < -0.3 is 9.64 Å². The van der Waals surface area contributed by atoms with E-state index in [1.165, 1.54) is 19.3 Å². The first kappa shape index (κ1) is 11.3. The fourth-order valence-electron chi connectivity index (χ4n) is 4.34. The third kappa shape index (κ3) is 1.75. The number of rotatable bonds is 1. The molecule has 4 unspecified atom stereocenters. The highest BCUT2D eigenvalue weighted by atomic mass is 16.5. The molecule has 0 spiro atoms. The zero-order valence-corrected chi connectivity index (χ0v) is 11.3. The van der Waals surface area contributed by atoms with Gasteiger partial charge in [-0.1, -0.05) is 18.2 Å². The fraction of sp³-hybridized carbons (Fsp3) is 0.562. The molecule has 3 fully saturated rings. The van der Waals surface area contributed by atoms with E-state index in [0.29, 0.717) is 6.04 Å². The highest BCUT2D eigenvalue weighted by Crippen LogP contribution is 2.51. The zero-order valence-electron chi connectivity index (χ0n) is 11.3. The van der Waals surface area contributed by atoms with Crippen molar-refractivity contribution in [2.45, 2.75) is 25.3 Å². The molecule has 3 heteroatoms. The lowest BCUT2D eigenvalue weighted by atomic mass is 9.83. The van der Waals surface area contributed by atoms with Crippen molar-refractivity contribution in [3.63, 3.8) is 0 Å². The summed E-state index contributed by atoms with van der Waals surface area (Å²) in [4.78, 5) is 6.96. The molecule has 2 aliphatic carbocycles. The van der Waals surface area contributed by atoms with E-state index in [0.717, 1.165) is 36.1 Å². The summed E-state index contributed by atoms with van der Waals surface area (Å²) in [7, 11) is 2.15. The number of aliphatic imine (C=N–C) groups is 1. The lowest BCUT2D eigenvalue weighted by Gasteiger charge is -2.42. The lowest BCUT2D eigenvalue weighted by Crippen LogP contribution is -2.52. The van der Waals surface area contributed by atoms with Gasteiger partial charge in [-0.15, -0.1) is 0 Å². The minimum Gasteiger partial charge on any atom is -0.465 e. The molecule has 2 saturated carbocycles. The second-order valence-electron chi connectivity index (χ2n) is 6.14. The van der Waals surface area contributed by atoms with E-state index < -0.39 is 0 Å². The van der Waals surface area contributed by atoms with Crippen LogP contribution in [0.25, 0.3) is 0 Å². The van der Waals surface area contributed by atoms with Crippen molar-refractivity contribution in [2.75, 3.05) is 13.7 Å². The SMILES string of the molecule is CN1C(=Nc2ccccc2)OCC2C3CCC(C3)C21. The van der Waals surface area contributed by atoms with Crippen LogP contribution in [0.5, 0.6) is 0 Å². The maximum Gasteiger partial charge on any atom is 0.292 e. The zero-order chi connectivity index (χ0) is 12.8. The molecular weight excluding hydrogens is 236 g/mol. The lowest BCUT2D eigenvalue weighted by molar-refractivity contribution is 0.0466. The van der Waals surface area contributed by atoms with Gasteiger partial charge in [-0.3, -0.25) is 0 Å². The van der Waals surface area contributed by atoms with Gasteiger partial charge in [0.2, 0.25) is 0 Å². The molecule has 2 bridgehead atoms. The summed E-state index contributed by atoms with van der Waals surface area (Å²) in [6, 6.07) is 11.6. The van der Waals surface area contributed by atoms with Gasteiger partial charge >= 0.3 is 0 Å². The number of ether oxygens (including phenoxy) is 1. The highest BCUT2D eigenvalue weighted by molar-refractivity contribution is 5.78. The molecule has 4 atom stereocenters. The quantitative estimate of drug-likeness (QED) is 0.771. The second-order valence-corrected chi connectivity index (χ2v) is 6.14. The van der Waals surface area contributed by atoms with E-state index in [9.17, 15) is 0 Å². The van der Waals surface area contributed by atoms with E-state index in [2.05, 4.69) is 16.9 Å². The minimum absolute atomic E-state index is 0.662. The molecule has 19 heavy (non-hydrogen) atoms.